The maximum atomic E-state index is 11.9. The van der Waals surface area contributed by atoms with Crippen LogP contribution in [0.25, 0.3) is 0 Å². The summed E-state index contributed by atoms with van der Waals surface area (Å²) in [4.78, 5) is 11.9. The Morgan fingerprint density at radius 2 is 1.60 bits per heavy atom. The van der Waals surface area contributed by atoms with Crippen LogP contribution in [0.5, 0.6) is 5.75 Å². The number of hydrogen-bond acceptors (Lipinski definition) is 4. The number of rotatable bonds is 4. The zero-order chi connectivity index (χ0) is 14.6. The van der Waals surface area contributed by atoms with Crippen molar-refractivity contribution in [1.82, 2.24) is 0 Å². The summed E-state index contributed by atoms with van der Waals surface area (Å²) in [5.74, 6) is -0.0408. The fourth-order valence-electron chi connectivity index (χ4n) is 1.69. The molecule has 5 heteroatoms. The summed E-state index contributed by atoms with van der Waals surface area (Å²) in [7, 11) is -3.07. The first-order valence-electron chi connectivity index (χ1n) is 5.98. The first-order valence-corrected chi connectivity index (χ1v) is 8.04. The molecular formula is C15H14O4S. The molecule has 0 bridgehead atoms. The summed E-state index contributed by atoms with van der Waals surface area (Å²) >= 11 is 0. The standard InChI is InChI=1S/C15H14O4S/c1-20(17,18)11-12-7-9-13(10-8-12)15(16)19-14-5-3-2-4-6-14/h2-10H,11H2,1H3. The highest BCUT2D eigenvalue weighted by Crippen LogP contribution is 2.13. The Balaban J connectivity index is 2.08. The molecule has 0 heterocycles. The van der Waals surface area contributed by atoms with Crippen molar-refractivity contribution in [3.63, 3.8) is 0 Å². The third kappa shape index (κ3) is 4.20. The van der Waals surface area contributed by atoms with Crippen molar-refractivity contribution in [2.45, 2.75) is 5.75 Å². The number of benzene rings is 2. The second-order valence-corrected chi connectivity index (χ2v) is 6.61. The van der Waals surface area contributed by atoms with Crippen LogP contribution in [0.15, 0.2) is 54.6 Å². The van der Waals surface area contributed by atoms with Crippen LogP contribution in [-0.2, 0) is 15.6 Å². The van der Waals surface area contributed by atoms with Gasteiger partial charge in [-0.3, -0.25) is 0 Å². The number of sulfone groups is 1. The van der Waals surface area contributed by atoms with E-state index in [4.69, 9.17) is 4.74 Å². The van der Waals surface area contributed by atoms with E-state index in [0.29, 0.717) is 16.9 Å². The van der Waals surface area contributed by atoms with Gasteiger partial charge >= 0.3 is 5.97 Å². The molecule has 0 unspecified atom stereocenters. The smallest absolute Gasteiger partial charge is 0.343 e. The average molecular weight is 290 g/mol. The molecular weight excluding hydrogens is 276 g/mol. The monoisotopic (exact) mass is 290 g/mol. The predicted molar refractivity (Wildman–Crippen MR) is 76.4 cm³/mol. The molecule has 0 aromatic heterocycles. The molecule has 0 saturated carbocycles. The van der Waals surface area contributed by atoms with E-state index in [1.165, 1.54) is 6.26 Å². The van der Waals surface area contributed by atoms with Crippen molar-refractivity contribution in [2.24, 2.45) is 0 Å². The zero-order valence-corrected chi connectivity index (χ0v) is 11.8. The number of hydrogen-bond donors (Lipinski definition) is 0. The largest absolute Gasteiger partial charge is 0.423 e. The maximum absolute atomic E-state index is 11.9. The topological polar surface area (TPSA) is 60.4 Å². The molecule has 0 saturated heterocycles. The van der Waals surface area contributed by atoms with E-state index in [-0.39, 0.29) is 5.75 Å². The first kappa shape index (κ1) is 14.3. The molecule has 0 aliphatic heterocycles. The number of para-hydroxylation sites is 1. The molecule has 4 nitrogen and oxygen atoms in total. The summed E-state index contributed by atoms with van der Waals surface area (Å²) in [5, 5.41) is 0. The zero-order valence-electron chi connectivity index (χ0n) is 10.9. The van der Waals surface area contributed by atoms with Gasteiger partial charge in [0.2, 0.25) is 0 Å². The average Bonchev–Trinajstić information content (AvgIpc) is 2.39. The van der Waals surface area contributed by atoms with Gasteiger partial charge in [0.25, 0.3) is 0 Å². The predicted octanol–water partition coefficient (Wildman–Crippen LogP) is 2.45. The van der Waals surface area contributed by atoms with Crippen molar-refractivity contribution in [3.8, 4) is 5.75 Å². The molecule has 0 fully saturated rings. The first-order chi connectivity index (χ1) is 9.44. The molecule has 0 radical (unpaired) electrons. The van der Waals surface area contributed by atoms with E-state index in [1.54, 1.807) is 48.5 Å². The highest BCUT2D eigenvalue weighted by Gasteiger charge is 2.09. The number of esters is 1. The minimum absolute atomic E-state index is 0.0407. The van der Waals surface area contributed by atoms with Gasteiger partial charge in [-0.2, -0.15) is 0 Å². The minimum atomic E-state index is -3.07. The fourth-order valence-corrected chi connectivity index (χ4v) is 2.49. The third-order valence-electron chi connectivity index (χ3n) is 2.57. The molecule has 0 N–H and O–H groups in total. The van der Waals surface area contributed by atoms with Gasteiger partial charge in [0.1, 0.15) is 5.75 Å². The lowest BCUT2D eigenvalue weighted by molar-refractivity contribution is 0.0735. The number of ether oxygens (including phenoxy) is 1. The minimum Gasteiger partial charge on any atom is -0.423 e. The van der Waals surface area contributed by atoms with Crippen molar-refractivity contribution in [2.75, 3.05) is 6.26 Å². The van der Waals surface area contributed by atoms with Crippen LogP contribution in [0.4, 0.5) is 0 Å². The Hall–Kier alpha value is -2.14. The van der Waals surface area contributed by atoms with Gasteiger partial charge in [-0.1, -0.05) is 30.3 Å². The van der Waals surface area contributed by atoms with E-state index in [0.717, 1.165) is 0 Å². The Morgan fingerprint density at radius 1 is 1.00 bits per heavy atom. The molecule has 20 heavy (non-hydrogen) atoms. The molecule has 0 spiro atoms. The Kier molecular flexibility index (Phi) is 4.20. The molecule has 0 atom stereocenters. The summed E-state index contributed by atoms with van der Waals surface area (Å²) in [6.45, 7) is 0. The molecule has 0 aliphatic rings. The van der Waals surface area contributed by atoms with Crippen LogP contribution in [0.3, 0.4) is 0 Å². The second kappa shape index (κ2) is 5.88. The van der Waals surface area contributed by atoms with E-state index in [1.807, 2.05) is 6.07 Å². The van der Waals surface area contributed by atoms with Crippen molar-refractivity contribution >= 4 is 15.8 Å². The van der Waals surface area contributed by atoms with Crippen molar-refractivity contribution in [1.29, 1.82) is 0 Å². The van der Waals surface area contributed by atoms with Gasteiger partial charge < -0.3 is 4.74 Å². The van der Waals surface area contributed by atoms with Crippen LogP contribution < -0.4 is 4.74 Å². The van der Waals surface area contributed by atoms with Crippen molar-refractivity contribution < 1.29 is 17.9 Å². The normalized spacial score (nSPS) is 11.1. The van der Waals surface area contributed by atoms with Gasteiger partial charge in [-0.05, 0) is 29.8 Å². The Bertz CT molecular complexity index is 688. The number of carbonyl (C=O) groups excluding carboxylic acids is 1. The van der Waals surface area contributed by atoms with E-state index in [2.05, 4.69) is 0 Å². The van der Waals surface area contributed by atoms with Crippen LogP contribution in [0.2, 0.25) is 0 Å². The molecule has 2 aromatic rings. The summed E-state index contributed by atoms with van der Waals surface area (Å²) in [6.07, 6.45) is 1.17. The quantitative estimate of drug-likeness (QED) is 0.641. The third-order valence-corrected chi connectivity index (χ3v) is 3.43. The highest BCUT2D eigenvalue weighted by atomic mass is 32.2. The SMILES string of the molecule is CS(=O)(=O)Cc1ccc(C(=O)Oc2ccccc2)cc1. The Morgan fingerprint density at radius 3 is 2.15 bits per heavy atom. The van der Waals surface area contributed by atoms with Crippen LogP contribution in [-0.4, -0.2) is 20.6 Å². The summed E-state index contributed by atoms with van der Waals surface area (Å²) < 4.78 is 27.5. The maximum Gasteiger partial charge on any atom is 0.343 e. The molecule has 0 amide bonds. The van der Waals surface area contributed by atoms with Gasteiger partial charge in [0.15, 0.2) is 9.84 Å². The molecule has 104 valence electrons. The molecule has 0 aliphatic carbocycles. The highest BCUT2D eigenvalue weighted by molar-refractivity contribution is 7.89. The molecule has 2 rings (SSSR count). The van der Waals surface area contributed by atoms with Crippen molar-refractivity contribution in [3.05, 3.63) is 65.7 Å². The van der Waals surface area contributed by atoms with Gasteiger partial charge in [-0.25, -0.2) is 13.2 Å². The second-order valence-electron chi connectivity index (χ2n) is 4.47. The van der Waals surface area contributed by atoms with Gasteiger partial charge in [0, 0.05) is 6.26 Å². The van der Waals surface area contributed by atoms with E-state index < -0.39 is 15.8 Å². The summed E-state index contributed by atoms with van der Waals surface area (Å²) in [5.41, 5.74) is 1.02. The van der Waals surface area contributed by atoms with Crippen LogP contribution >= 0.6 is 0 Å². The lowest BCUT2D eigenvalue weighted by atomic mass is 10.1. The lowest BCUT2D eigenvalue weighted by Crippen LogP contribution is -2.08. The van der Waals surface area contributed by atoms with Gasteiger partial charge in [-0.15, -0.1) is 0 Å². The van der Waals surface area contributed by atoms with E-state index >= 15 is 0 Å². The molecule has 2 aromatic carbocycles. The van der Waals surface area contributed by atoms with Crippen LogP contribution in [0, 0.1) is 0 Å². The fraction of sp³-hybridized carbons (Fsp3) is 0.133. The number of carbonyl (C=O) groups is 1. The lowest BCUT2D eigenvalue weighted by Gasteiger charge is -2.05. The van der Waals surface area contributed by atoms with Gasteiger partial charge in [0.05, 0.1) is 11.3 Å². The summed E-state index contributed by atoms with van der Waals surface area (Å²) in [6, 6.07) is 15.1. The van der Waals surface area contributed by atoms with Crippen LogP contribution in [0.1, 0.15) is 15.9 Å². The van der Waals surface area contributed by atoms with E-state index in [9.17, 15) is 13.2 Å². The Labute approximate surface area is 117 Å².